The molecular weight excluding hydrogens is 889 g/mol. The number of likely N-dealkylation sites (tertiary alicyclic amines) is 2. The zero-order valence-corrected chi connectivity index (χ0v) is 39.3. The first-order valence-electron chi connectivity index (χ1n) is 24.8. The molecule has 4 amide bonds. The van der Waals surface area contributed by atoms with Gasteiger partial charge in [0.05, 0.1) is 56.4 Å². The van der Waals surface area contributed by atoms with Gasteiger partial charge in [-0.05, 0) is 125 Å². The number of fused-ring (bicyclic) bond motifs is 2. The lowest BCUT2D eigenvalue weighted by Gasteiger charge is -2.64. The van der Waals surface area contributed by atoms with Crippen LogP contribution in [0, 0.1) is 13.8 Å². The fraction of sp³-hybridized carbons (Fsp3) is 0.429. The molecule has 14 rings (SSSR count). The molecule has 10 atom stereocenters. The molecule has 4 bridgehead atoms. The van der Waals surface area contributed by atoms with Crippen molar-refractivity contribution < 1.29 is 49.1 Å². The van der Waals surface area contributed by atoms with E-state index in [0.29, 0.717) is 98.2 Å². The van der Waals surface area contributed by atoms with Crippen LogP contribution in [0.25, 0.3) is 0 Å². The second-order valence-electron chi connectivity index (χ2n) is 21.4. The molecule has 4 aliphatic carbocycles. The van der Waals surface area contributed by atoms with Gasteiger partial charge in [-0.25, -0.2) is 0 Å². The molecule has 0 unspecified atom stereocenters. The van der Waals surface area contributed by atoms with Gasteiger partial charge in [0.15, 0.2) is 23.0 Å². The van der Waals surface area contributed by atoms with Crippen LogP contribution in [-0.2, 0) is 23.7 Å². The van der Waals surface area contributed by atoms with E-state index in [-0.39, 0.29) is 47.2 Å². The van der Waals surface area contributed by atoms with E-state index in [1.807, 2.05) is 50.3 Å². The van der Waals surface area contributed by atoms with Crippen LogP contribution < -0.4 is 9.47 Å². The molecule has 14 nitrogen and oxygen atoms in total. The number of imide groups is 2. The maximum Gasteiger partial charge on any atom is 0.262 e. The van der Waals surface area contributed by atoms with Crippen molar-refractivity contribution in [1.29, 1.82) is 0 Å². The largest absolute Gasteiger partial charge is 0.504 e. The van der Waals surface area contributed by atoms with Gasteiger partial charge < -0.3 is 29.9 Å². The highest BCUT2D eigenvalue weighted by atomic mass is 16.5. The van der Waals surface area contributed by atoms with E-state index in [9.17, 15) is 39.6 Å². The minimum absolute atomic E-state index is 0.0406. The lowest BCUT2D eigenvalue weighted by atomic mass is 9.48. The van der Waals surface area contributed by atoms with Crippen molar-refractivity contribution in [3.8, 4) is 23.0 Å². The second-order valence-corrected chi connectivity index (χ2v) is 21.4. The quantitative estimate of drug-likeness (QED) is 0.143. The summed E-state index contributed by atoms with van der Waals surface area (Å²) in [5.41, 5.74) is 3.37. The number of piperidine rings is 2. The zero-order chi connectivity index (χ0) is 48.6. The summed E-state index contributed by atoms with van der Waals surface area (Å²) in [5, 5.41) is 46.5. The van der Waals surface area contributed by atoms with Crippen LogP contribution in [0.15, 0.2) is 86.0 Å². The van der Waals surface area contributed by atoms with Crippen LogP contribution in [0.4, 0.5) is 0 Å². The molecule has 2 saturated heterocycles. The highest BCUT2D eigenvalue weighted by Crippen LogP contribution is 2.68. The minimum atomic E-state index is -1.10. The Bertz CT molecular complexity index is 2880. The Labute approximate surface area is 405 Å². The number of nitrogens with zero attached hydrogens (tertiary/aromatic N) is 4. The monoisotopic (exact) mass is 944 g/mol. The molecule has 6 heterocycles. The van der Waals surface area contributed by atoms with Crippen molar-refractivity contribution in [2.45, 2.75) is 124 Å². The van der Waals surface area contributed by atoms with Crippen LogP contribution in [0.5, 0.6) is 23.0 Å². The lowest BCUT2D eigenvalue weighted by molar-refractivity contribution is -0.194. The highest BCUT2D eigenvalue weighted by Gasteiger charge is 2.76. The van der Waals surface area contributed by atoms with Gasteiger partial charge in [0.25, 0.3) is 23.6 Å². The number of phenolic OH excluding ortho intramolecular Hbond substituents is 2. The molecule has 4 N–H and O–H groups in total. The van der Waals surface area contributed by atoms with Gasteiger partial charge in [0.2, 0.25) is 0 Å². The first kappa shape index (κ1) is 43.7. The number of phenols is 2. The Kier molecular flexibility index (Phi) is 9.13. The number of benzene rings is 4. The topological polar surface area (TPSA) is 181 Å². The molecule has 360 valence electrons. The number of hydrogen-bond acceptors (Lipinski definition) is 12. The summed E-state index contributed by atoms with van der Waals surface area (Å²) in [6.45, 7) is 14.3. The van der Waals surface area contributed by atoms with Gasteiger partial charge in [-0.1, -0.05) is 48.6 Å². The number of amides is 4. The smallest absolute Gasteiger partial charge is 0.262 e. The zero-order valence-electron chi connectivity index (χ0n) is 39.3. The highest BCUT2D eigenvalue weighted by molar-refractivity contribution is 6.23. The van der Waals surface area contributed by atoms with Crippen molar-refractivity contribution in [2.24, 2.45) is 0 Å². The molecule has 10 aliphatic rings. The molecule has 4 aromatic carbocycles. The van der Waals surface area contributed by atoms with E-state index in [0.717, 1.165) is 46.5 Å². The minimum Gasteiger partial charge on any atom is -0.504 e. The standard InChI is InChI=1S/2C28H28N2O5/c2*1-3-12-29-13-11-27-22-16-7-8-19(31)23(22)35-24(27)18(9-10-28(27,34)20(29)14-16)30-25(32)17-6-4-5-15(2)21(17)26(30)33/h2*3-8,18,20,24,31,34H,1,9-14H2,2H3/t18-,20+,24-,27-,28+;18-,20-,24+,27+,28-/m01/s1. The number of hydrogen-bond donors (Lipinski definition) is 4. The van der Waals surface area contributed by atoms with Crippen molar-refractivity contribution in [2.75, 3.05) is 26.2 Å². The van der Waals surface area contributed by atoms with Gasteiger partial charge in [0, 0.05) is 36.3 Å². The molecule has 4 fully saturated rings. The van der Waals surface area contributed by atoms with Gasteiger partial charge in [-0.15, -0.1) is 13.2 Å². The molecule has 2 spiro atoms. The van der Waals surface area contributed by atoms with Crippen molar-refractivity contribution >= 4 is 23.6 Å². The number of aliphatic hydroxyl groups is 2. The Balaban J connectivity index is 0.000000137. The molecule has 6 aliphatic heterocycles. The molecule has 14 heteroatoms. The normalized spacial score (nSPS) is 34.5. The Morgan fingerprint density at radius 2 is 1.01 bits per heavy atom. The van der Waals surface area contributed by atoms with E-state index in [1.54, 1.807) is 36.4 Å². The van der Waals surface area contributed by atoms with Gasteiger partial charge in [-0.3, -0.25) is 38.8 Å². The fourth-order valence-electron chi connectivity index (χ4n) is 16.1. The summed E-state index contributed by atoms with van der Waals surface area (Å²) >= 11 is 0. The number of carbonyl (C=O) groups excluding carboxylic acids is 4. The molecule has 70 heavy (non-hydrogen) atoms. The lowest BCUT2D eigenvalue weighted by Crippen LogP contribution is -2.78. The molecule has 0 aromatic heterocycles. The maximum atomic E-state index is 13.6. The molecule has 4 aromatic rings. The van der Waals surface area contributed by atoms with E-state index in [2.05, 4.69) is 23.0 Å². The molecule has 0 radical (unpaired) electrons. The van der Waals surface area contributed by atoms with Crippen LogP contribution >= 0.6 is 0 Å². The predicted molar refractivity (Wildman–Crippen MR) is 255 cm³/mol. The second kappa shape index (κ2) is 14.6. The summed E-state index contributed by atoms with van der Waals surface area (Å²) in [6, 6.07) is 16.5. The van der Waals surface area contributed by atoms with E-state index >= 15 is 0 Å². The van der Waals surface area contributed by atoms with Gasteiger partial charge >= 0.3 is 0 Å². The summed E-state index contributed by atoms with van der Waals surface area (Å²) < 4.78 is 13.1. The van der Waals surface area contributed by atoms with E-state index < -0.39 is 46.3 Å². The number of aryl methyl sites for hydroxylation is 2. The summed E-state index contributed by atoms with van der Waals surface area (Å²) in [4.78, 5) is 61.7. The average Bonchev–Trinajstić information content (AvgIpc) is 4.03. The molecular formula is C56H56N4O10. The number of aromatic hydroxyl groups is 2. The first-order valence-corrected chi connectivity index (χ1v) is 24.8. The summed E-state index contributed by atoms with van der Waals surface area (Å²) in [5.74, 6) is -0.312. The van der Waals surface area contributed by atoms with Gasteiger partial charge in [-0.2, -0.15) is 0 Å². The third kappa shape index (κ3) is 5.07. The van der Waals surface area contributed by atoms with Crippen molar-refractivity contribution in [1.82, 2.24) is 19.6 Å². The van der Waals surface area contributed by atoms with Crippen molar-refractivity contribution in [3.05, 3.63) is 142 Å². The third-order valence-corrected chi connectivity index (χ3v) is 18.8. The maximum absolute atomic E-state index is 13.6. The number of rotatable bonds is 6. The fourth-order valence-corrected chi connectivity index (χ4v) is 16.1. The number of ether oxygens (including phenoxy) is 2. The van der Waals surface area contributed by atoms with E-state index in [4.69, 9.17) is 9.47 Å². The third-order valence-electron chi connectivity index (χ3n) is 18.8. The van der Waals surface area contributed by atoms with E-state index in [1.165, 1.54) is 9.80 Å². The van der Waals surface area contributed by atoms with Gasteiger partial charge in [0.1, 0.15) is 12.2 Å². The van der Waals surface area contributed by atoms with Crippen LogP contribution in [-0.4, -0.2) is 137 Å². The SMILES string of the molecule is C=CCN1CC[C@]23c4c5ccc(O)c4O[C@H]2[C@@H](N2C(=O)c4cccc(C)c4C2=O)CC[C@@]3(O)[C@H]1C5.C=CCN1CC[C@]23c4c5ccc(O)c4O[C@H]2[C@H](N2C(=O)c4cccc(C)c4C2=O)CC[C@@]3(O)[C@H]1C5. The van der Waals surface area contributed by atoms with Crippen LogP contribution in [0.1, 0.15) is 113 Å². The Morgan fingerprint density at radius 1 is 0.600 bits per heavy atom. The number of carbonyl (C=O) groups is 4. The Morgan fingerprint density at radius 3 is 1.40 bits per heavy atom. The van der Waals surface area contributed by atoms with Crippen LogP contribution in [0.3, 0.4) is 0 Å². The van der Waals surface area contributed by atoms with Crippen LogP contribution in [0.2, 0.25) is 0 Å². The summed E-state index contributed by atoms with van der Waals surface area (Å²) in [6.07, 6.45) is 6.78. The summed E-state index contributed by atoms with van der Waals surface area (Å²) in [7, 11) is 0. The van der Waals surface area contributed by atoms with Crippen molar-refractivity contribution in [3.63, 3.8) is 0 Å². The predicted octanol–water partition coefficient (Wildman–Crippen LogP) is 5.41. The molecule has 2 saturated carbocycles. The first-order chi connectivity index (χ1) is 33.7. The Hall–Kier alpha value is -6.32. The average molecular weight is 945 g/mol.